The third-order valence-electron chi connectivity index (χ3n) is 3.07. The predicted octanol–water partition coefficient (Wildman–Crippen LogP) is 5.49. The number of hydrogen-bond donors (Lipinski definition) is 0. The molecule has 0 heterocycles. The molecular formula is C15H14I2O2. The molecule has 2 aromatic carbocycles. The minimum Gasteiger partial charge on any atom is -0.428 e. The molecule has 0 bridgehead atoms. The minimum absolute atomic E-state index is 0.465. The van der Waals surface area contributed by atoms with Crippen molar-refractivity contribution in [3.63, 3.8) is 0 Å². The molecular weight excluding hydrogens is 466 g/mol. The van der Waals surface area contributed by atoms with Gasteiger partial charge in [-0.25, -0.2) is 0 Å². The van der Waals surface area contributed by atoms with Gasteiger partial charge in [0.1, 0.15) is 11.5 Å². The fraction of sp³-hybridized carbons (Fsp3) is 0.200. The largest absolute Gasteiger partial charge is 0.428 e. The zero-order valence-corrected chi connectivity index (χ0v) is 14.8. The molecule has 2 nitrogen and oxygen atoms in total. The van der Waals surface area contributed by atoms with Crippen LogP contribution in [0.4, 0.5) is 0 Å². The van der Waals surface area contributed by atoms with E-state index in [2.05, 4.69) is 31.2 Å². The summed E-state index contributed by atoms with van der Waals surface area (Å²) in [7, 11) is 0. The summed E-state index contributed by atoms with van der Waals surface area (Å²) < 4.78 is 10.4. The lowest BCUT2D eigenvalue weighted by Gasteiger charge is -2.13. The van der Waals surface area contributed by atoms with Crippen LogP contribution in [-0.2, 0) is 6.42 Å². The number of benzene rings is 2. The fourth-order valence-corrected chi connectivity index (χ4v) is 2.61. The second-order valence-electron chi connectivity index (χ2n) is 4.48. The third kappa shape index (κ3) is 4.24. The van der Waals surface area contributed by atoms with Crippen LogP contribution in [0.2, 0.25) is 0 Å². The topological polar surface area (TPSA) is 18.5 Å². The quantitative estimate of drug-likeness (QED) is 0.528. The molecule has 0 aliphatic carbocycles. The monoisotopic (exact) mass is 480 g/mol. The first-order chi connectivity index (χ1) is 9.22. The van der Waals surface area contributed by atoms with Gasteiger partial charge in [0.15, 0.2) is 46.0 Å². The Morgan fingerprint density at radius 1 is 0.947 bits per heavy atom. The Kier molecular flexibility index (Phi) is 5.75. The summed E-state index contributed by atoms with van der Waals surface area (Å²) >= 11 is 3.80. The van der Waals surface area contributed by atoms with Gasteiger partial charge in [0.05, 0.1) is 0 Å². The molecule has 100 valence electrons. The van der Waals surface area contributed by atoms with E-state index in [1.54, 1.807) is 0 Å². The molecule has 2 aromatic rings. The Morgan fingerprint density at radius 3 is 2.26 bits per heavy atom. The summed E-state index contributed by atoms with van der Waals surface area (Å²) in [5, 5.41) is 0. The molecule has 0 saturated carbocycles. The van der Waals surface area contributed by atoms with Crippen molar-refractivity contribution in [3.8, 4) is 11.5 Å². The first-order valence-electron chi connectivity index (χ1n) is 5.99. The smallest absolute Gasteiger partial charge is 0.192 e. The van der Waals surface area contributed by atoms with E-state index in [0.29, 0.717) is 5.92 Å². The summed E-state index contributed by atoms with van der Waals surface area (Å²) in [6, 6.07) is 16.5. The third-order valence-corrected chi connectivity index (χ3v) is 4.08. The Labute approximate surface area is 141 Å². The zero-order chi connectivity index (χ0) is 13.7. The van der Waals surface area contributed by atoms with Gasteiger partial charge in [0.2, 0.25) is 0 Å². The van der Waals surface area contributed by atoms with Gasteiger partial charge in [-0.05, 0) is 47.7 Å². The van der Waals surface area contributed by atoms with Gasteiger partial charge in [-0.2, -0.15) is 0 Å². The maximum absolute atomic E-state index is 5.23. The first-order valence-corrected chi connectivity index (χ1v) is 7.75. The lowest BCUT2D eigenvalue weighted by atomic mass is 9.94. The highest BCUT2D eigenvalue weighted by Gasteiger charge is 2.07. The van der Waals surface area contributed by atoms with Crippen LogP contribution in [0.3, 0.4) is 0 Å². The Hall–Kier alpha value is -0.500. The van der Waals surface area contributed by atoms with E-state index in [4.69, 9.17) is 6.13 Å². The highest BCUT2D eigenvalue weighted by Crippen LogP contribution is 2.25. The van der Waals surface area contributed by atoms with Gasteiger partial charge < -0.3 is 6.13 Å². The summed E-state index contributed by atoms with van der Waals surface area (Å²) in [6.07, 6.45) is 0.998. The first kappa shape index (κ1) is 14.9. The molecule has 0 amide bonds. The van der Waals surface area contributed by atoms with Crippen LogP contribution < -0.4 is 6.13 Å². The van der Waals surface area contributed by atoms with Crippen LogP contribution in [0.15, 0.2) is 48.5 Å². The lowest BCUT2D eigenvalue weighted by molar-refractivity contribution is 0.703. The van der Waals surface area contributed by atoms with E-state index in [9.17, 15) is 0 Å². The van der Waals surface area contributed by atoms with Gasteiger partial charge in [0, 0.05) is 0 Å². The average molecular weight is 480 g/mol. The minimum atomic E-state index is 0.465. The van der Waals surface area contributed by atoms with Crippen LogP contribution >= 0.6 is 46.0 Å². The van der Waals surface area contributed by atoms with Crippen molar-refractivity contribution < 1.29 is 6.13 Å². The van der Waals surface area contributed by atoms with Gasteiger partial charge in [0.25, 0.3) is 0 Å². The second-order valence-corrected chi connectivity index (χ2v) is 5.36. The maximum atomic E-state index is 5.23. The molecule has 0 aliphatic heterocycles. The lowest BCUT2D eigenvalue weighted by Crippen LogP contribution is -1.98. The summed E-state index contributed by atoms with van der Waals surface area (Å²) in [4.78, 5) is 0. The van der Waals surface area contributed by atoms with Crippen molar-refractivity contribution in [1.29, 1.82) is 0 Å². The van der Waals surface area contributed by atoms with E-state index >= 15 is 0 Å². The highest BCUT2D eigenvalue weighted by molar-refractivity contribution is 14.1. The van der Waals surface area contributed by atoms with E-state index < -0.39 is 0 Å². The van der Waals surface area contributed by atoms with E-state index in [-0.39, 0.29) is 0 Å². The van der Waals surface area contributed by atoms with Gasteiger partial charge >= 0.3 is 0 Å². The van der Waals surface area contributed by atoms with Crippen molar-refractivity contribution in [3.05, 3.63) is 59.7 Å². The Balaban J connectivity index is 2.08. The molecule has 19 heavy (non-hydrogen) atoms. The predicted molar refractivity (Wildman–Crippen MR) is 94.3 cm³/mol. The number of halogens is 2. The molecule has 0 saturated heterocycles. The van der Waals surface area contributed by atoms with Crippen molar-refractivity contribution in [2.24, 2.45) is 0 Å². The molecule has 0 fully saturated rings. The molecule has 1 atom stereocenters. The molecule has 0 aliphatic rings. The molecule has 2 rings (SSSR count). The van der Waals surface area contributed by atoms with E-state index in [0.717, 1.165) is 17.9 Å². The van der Waals surface area contributed by atoms with Crippen molar-refractivity contribution >= 4 is 46.0 Å². The zero-order valence-electron chi connectivity index (χ0n) is 10.5. The van der Waals surface area contributed by atoms with Gasteiger partial charge in [-0.3, -0.25) is 0 Å². The van der Waals surface area contributed by atoms with Crippen LogP contribution in [0.1, 0.15) is 24.0 Å². The fourth-order valence-electron chi connectivity index (χ4n) is 2.04. The second kappa shape index (κ2) is 7.33. The van der Waals surface area contributed by atoms with Crippen LogP contribution in [0.25, 0.3) is 0 Å². The Bertz CT molecular complexity index is 526. The normalized spacial score (nSPS) is 11.9. The van der Waals surface area contributed by atoms with Crippen LogP contribution in [0.5, 0.6) is 11.5 Å². The molecule has 0 aromatic heterocycles. The number of hydrogen-bond acceptors (Lipinski definition) is 2. The van der Waals surface area contributed by atoms with Gasteiger partial charge in [-0.15, -0.1) is 0 Å². The van der Waals surface area contributed by atoms with Crippen LogP contribution in [-0.4, -0.2) is 0 Å². The molecule has 1 unspecified atom stereocenters. The van der Waals surface area contributed by atoms with E-state index in [1.807, 2.05) is 70.3 Å². The molecule has 0 N–H and O–H groups in total. The standard InChI is InChI=1S/C15H14I2O2/c1-11(13-5-7-14(18-16)8-6-13)9-12-3-2-4-15(10-12)19-17/h2-8,10-11H,9H2,1H3. The summed E-state index contributed by atoms with van der Waals surface area (Å²) in [6.45, 7) is 2.23. The van der Waals surface area contributed by atoms with Crippen molar-refractivity contribution in [1.82, 2.24) is 0 Å². The summed E-state index contributed by atoms with van der Waals surface area (Å²) in [5.41, 5.74) is 2.61. The van der Waals surface area contributed by atoms with Gasteiger partial charge in [-0.1, -0.05) is 31.2 Å². The maximum Gasteiger partial charge on any atom is 0.192 e. The average Bonchev–Trinajstić information content (AvgIpc) is 2.47. The van der Waals surface area contributed by atoms with Crippen molar-refractivity contribution in [2.45, 2.75) is 19.3 Å². The number of rotatable bonds is 5. The highest BCUT2D eigenvalue weighted by atomic mass is 127. The molecule has 0 spiro atoms. The SMILES string of the molecule is CC(Cc1cccc(OI)c1)c1ccc(OI)cc1. The summed E-state index contributed by atoms with van der Waals surface area (Å²) in [5.74, 6) is 2.25. The van der Waals surface area contributed by atoms with E-state index in [1.165, 1.54) is 11.1 Å². The molecule has 0 radical (unpaired) electrons. The molecule has 4 heteroatoms. The van der Waals surface area contributed by atoms with Crippen molar-refractivity contribution in [2.75, 3.05) is 0 Å². The van der Waals surface area contributed by atoms with Crippen LogP contribution in [0, 0.1) is 0 Å². The Morgan fingerprint density at radius 2 is 1.63 bits per heavy atom.